The maximum absolute atomic E-state index is 13.5. The third-order valence-corrected chi connectivity index (χ3v) is 3.97. The maximum atomic E-state index is 13.5. The van der Waals surface area contributed by atoms with Crippen molar-refractivity contribution in [3.63, 3.8) is 0 Å². The summed E-state index contributed by atoms with van der Waals surface area (Å²) in [6.45, 7) is 0.133. The zero-order valence-electron chi connectivity index (χ0n) is 11.7. The molecule has 0 fully saturated rings. The molecule has 0 saturated heterocycles. The van der Waals surface area contributed by atoms with Gasteiger partial charge in [-0.05, 0) is 35.9 Å². The van der Waals surface area contributed by atoms with Crippen LogP contribution < -0.4 is 9.47 Å². The van der Waals surface area contributed by atoms with Gasteiger partial charge in [0.15, 0.2) is 21.4 Å². The number of rotatable bonds is 5. The van der Waals surface area contributed by atoms with Crippen LogP contribution >= 0.6 is 0 Å². The Hall–Kier alpha value is -2.08. The van der Waals surface area contributed by atoms with E-state index in [1.165, 1.54) is 31.4 Å². The lowest BCUT2D eigenvalue weighted by Gasteiger charge is -2.09. The van der Waals surface area contributed by atoms with Crippen molar-refractivity contribution in [1.29, 1.82) is 0 Å². The zero-order chi connectivity index (χ0) is 15.5. The van der Waals surface area contributed by atoms with Gasteiger partial charge in [0.1, 0.15) is 12.4 Å². The second-order valence-electron chi connectivity index (χ2n) is 4.50. The third-order valence-electron chi connectivity index (χ3n) is 2.86. The number of ether oxygens (including phenoxy) is 2. The molecule has 112 valence electrons. The smallest absolute Gasteiger partial charge is 0.175 e. The topological polar surface area (TPSA) is 52.6 Å². The second-order valence-corrected chi connectivity index (χ2v) is 6.52. The molecule has 0 bridgehead atoms. The molecule has 2 aromatic rings. The summed E-state index contributed by atoms with van der Waals surface area (Å²) >= 11 is 0. The molecule has 0 N–H and O–H groups in total. The quantitative estimate of drug-likeness (QED) is 0.852. The van der Waals surface area contributed by atoms with Crippen LogP contribution in [0.4, 0.5) is 4.39 Å². The van der Waals surface area contributed by atoms with Gasteiger partial charge < -0.3 is 9.47 Å². The van der Waals surface area contributed by atoms with Gasteiger partial charge in [-0.3, -0.25) is 0 Å². The number of methoxy groups -OCH3 is 1. The number of benzene rings is 2. The van der Waals surface area contributed by atoms with E-state index in [1.54, 1.807) is 18.2 Å². The molecule has 6 heteroatoms. The van der Waals surface area contributed by atoms with Crippen molar-refractivity contribution in [2.45, 2.75) is 11.5 Å². The van der Waals surface area contributed by atoms with Gasteiger partial charge in [-0.25, -0.2) is 12.8 Å². The van der Waals surface area contributed by atoms with Crippen LogP contribution in [0.2, 0.25) is 0 Å². The van der Waals surface area contributed by atoms with Gasteiger partial charge in [0.05, 0.1) is 12.0 Å². The minimum atomic E-state index is -3.28. The molecule has 0 aliphatic heterocycles. The lowest BCUT2D eigenvalue weighted by molar-refractivity contribution is 0.304. The van der Waals surface area contributed by atoms with Crippen LogP contribution in [0.15, 0.2) is 47.4 Å². The molecule has 4 nitrogen and oxygen atoms in total. The molecule has 0 saturated carbocycles. The average molecular weight is 310 g/mol. The maximum Gasteiger partial charge on any atom is 0.175 e. The summed E-state index contributed by atoms with van der Waals surface area (Å²) in [7, 11) is -1.89. The highest BCUT2D eigenvalue weighted by atomic mass is 32.2. The van der Waals surface area contributed by atoms with Gasteiger partial charge in [-0.15, -0.1) is 0 Å². The molecule has 0 heterocycles. The molecule has 0 aliphatic rings. The summed E-state index contributed by atoms with van der Waals surface area (Å²) in [5, 5.41) is 0. The highest BCUT2D eigenvalue weighted by molar-refractivity contribution is 7.90. The summed E-state index contributed by atoms with van der Waals surface area (Å²) in [6.07, 6.45) is 1.13. The number of sulfone groups is 1. The van der Waals surface area contributed by atoms with Gasteiger partial charge in [-0.1, -0.05) is 12.1 Å². The van der Waals surface area contributed by atoms with Crippen LogP contribution in [0.3, 0.4) is 0 Å². The van der Waals surface area contributed by atoms with Crippen molar-refractivity contribution >= 4 is 9.84 Å². The Labute approximate surface area is 123 Å². The standard InChI is InChI=1S/C15H15FO4S/c1-19-15-7-6-11(8-14(15)16)10-20-12-4-3-5-13(9-12)21(2,17)18/h3-9H,10H2,1-2H3. The molecule has 0 aromatic heterocycles. The Balaban J connectivity index is 2.11. The summed E-state index contributed by atoms with van der Waals surface area (Å²) in [4.78, 5) is 0.181. The molecule has 0 atom stereocenters. The minimum absolute atomic E-state index is 0.133. The first kappa shape index (κ1) is 15.3. The highest BCUT2D eigenvalue weighted by Crippen LogP contribution is 2.21. The second kappa shape index (κ2) is 6.13. The van der Waals surface area contributed by atoms with Crippen LogP contribution in [0.5, 0.6) is 11.5 Å². The Morgan fingerprint density at radius 1 is 1.14 bits per heavy atom. The number of hydrogen-bond donors (Lipinski definition) is 0. The predicted octanol–water partition coefficient (Wildman–Crippen LogP) is 2.82. The van der Waals surface area contributed by atoms with Crippen molar-refractivity contribution in [2.75, 3.05) is 13.4 Å². The van der Waals surface area contributed by atoms with Crippen molar-refractivity contribution in [1.82, 2.24) is 0 Å². The van der Waals surface area contributed by atoms with E-state index in [2.05, 4.69) is 0 Å². The molecule has 2 rings (SSSR count). The molecule has 0 amide bonds. The van der Waals surface area contributed by atoms with Gasteiger partial charge in [0.2, 0.25) is 0 Å². The van der Waals surface area contributed by atoms with E-state index in [9.17, 15) is 12.8 Å². The monoisotopic (exact) mass is 310 g/mol. The Morgan fingerprint density at radius 3 is 2.52 bits per heavy atom. The molecule has 21 heavy (non-hydrogen) atoms. The van der Waals surface area contributed by atoms with Crippen molar-refractivity contribution in [3.8, 4) is 11.5 Å². The Kier molecular flexibility index (Phi) is 4.47. The van der Waals surface area contributed by atoms with Crippen molar-refractivity contribution in [2.24, 2.45) is 0 Å². The number of halogens is 1. The summed E-state index contributed by atoms with van der Waals surface area (Å²) in [5.74, 6) is 0.107. The fourth-order valence-corrected chi connectivity index (χ4v) is 2.42. The van der Waals surface area contributed by atoms with Gasteiger partial charge in [0.25, 0.3) is 0 Å². The molecule has 0 aliphatic carbocycles. The fourth-order valence-electron chi connectivity index (χ4n) is 1.76. The molecular formula is C15H15FO4S. The SMILES string of the molecule is COc1ccc(COc2cccc(S(C)(=O)=O)c2)cc1F. The van der Waals surface area contributed by atoms with Gasteiger partial charge in [0, 0.05) is 6.26 Å². The zero-order valence-corrected chi connectivity index (χ0v) is 12.5. The first-order chi connectivity index (χ1) is 9.90. The van der Waals surface area contributed by atoms with E-state index in [1.807, 2.05) is 0 Å². The Bertz CT molecular complexity index is 741. The third kappa shape index (κ3) is 3.95. The van der Waals surface area contributed by atoms with Crippen LogP contribution in [0.1, 0.15) is 5.56 Å². The summed E-state index contributed by atoms with van der Waals surface area (Å²) in [6, 6.07) is 10.7. The van der Waals surface area contributed by atoms with Crippen molar-refractivity contribution < 1.29 is 22.3 Å². The van der Waals surface area contributed by atoms with Gasteiger partial charge in [-0.2, -0.15) is 0 Å². The molecule has 0 spiro atoms. The van der Waals surface area contributed by atoms with E-state index in [0.717, 1.165) is 6.26 Å². The van der Waals surface area contributed by atoms with E-state index in [4.69, 9.17) is 9.47 Å². The first-order valence-corrected chi connectivity index (χ1v) is 8.04. The molecule has 0 radical (unpaired) electrons. The van der Waals surface area contributed by atoms with Gasteiger partial charge >= 0.3 is 0 Å². The van der Waals surface area contributed by atoms with E-state index >= 15 is 0 Å². The largest absolute Gasteiger partial charge is 0.494 e. The molecular weight excluding hydrogens is 295 g/mol. The van der Waals surface area contributed by atoms with E-state index < -0.39 is 15.7 Å². The lowest BCUT2D eigenvalue weighted by atomic mass is 10.2. The Morgan fingerprint density at radius 2 is 1.90 bits per heavy atom. The van der Waals surface area contributed by atoms with E-state index in [0.29, 0.717) is 11.3 Å². The minimum Gasteiger partial charge on any atom is -0.494 e. The molecule has 0 unspecified atom stereocenters. The highest BCUT2D eigenvalue weighted by Gasteiger charge is 2.08. The summed E-state index contributed by atoms with van der Waals surface area (Å²) < 4.78 is 46.8. The lowest BCUT2D eigenvalue weighted by Crippen LogP contribution is -2.00. The van der Waals surface area contributed by atoms with Crippen molar-refractivity contribution in [3.05, 3.63) is 53.8 Å². The van der Waals surface area contributed by atoms with Crippen LogP contribution in [-0.4, -0.2) is 21.8 Å². The predicted molar refractivity (Wildman–Crippen MR) is 76.8 cm³/mol. The number of hydrogen-bond acceptors (Lipinski definition) is 4. The average Bonchev–Trinajstić information content (AvgIpc) is 2.45. The van der Waals surface area contributed by atoms with Crippen LogP contribution in [0, 0.1) is 5.82 Å². The molecule has 2 aromatic carbocycles. The normalized spacial score (nSPS) is 11.2. The van der Waals surface area contributed by atoms with Crippen LogP contribution in [0.25, 0.3) is 0 Å². The van der Waals surface area contributed by atoms with E-state index in [-0.39, 0.29) is 17.3 Å². The fraction of sp³-hybridized carbons (Fsp3) is 0.200. The summed E-state index contributed by atoms with van der Waals surface area (Å²) in [5.41, 5.74) is 0.623. The first-order valence-electron chi connectivity index (χ1n) is 6.15. The van der Waals surface area contributed by atoms with Crippen LogP contribution in [-0.2, 0) is 16.4 Å².